The first-order valence-electron chi connectivity index (χ1n) is 10.6. The van der Waals surface area contributed by atoms with Gasteiger partial charge in [-0.05, 0) is 56.9 Å². The Hall–Kier alpha value is -2.34. The fourth-order valence-electron chi connectivity index (χ4n) is 3.14. The van der Waals surface area contributed by atoms with E-state index >= 15 is 0 Å². The lowest BCUT2D eigenvalue weighted by Gasteiger charge is -2.20. The van der Waals surface area contributed by atoms with Crippen LogP contribution in [0.5, 0.6) is 5.75 Å². The van der Waals surface area contributed by atoms with Crippen LogP contribution >= 0.6 is 11.8 Å². The quantitative estimate of drug-likeness (QED) is 0.116. The van der Waals surface area contributed by atoms with Gasteiger partial charge in [0.05, 0.1) is 12.5 Å². The van der Waals surface area contributed by atoms with Gasteiger partial charge in [-0.25, -0.2) is 14.2 Å². The molecule has 8 heteroatoms. The van der Waals surface area contributed by atoms with Crippen LogP contribution in [0.1, 0.15) is 57.6 Å². The molecule has 0 saturated heterocycles. The molecule has 0 radical (unpaired) electrons. The first-order chi connectivity index (χ1) is 15.3. The van der Waals surface area contributed by atoms with Gasteiger partial charge in [-0.3, -0.25) is 10.6 Å². The monoisotopic (exact) mass is 463 g/mol. The minimum Gasteiger partial charge on any atom is -0.496 e. The van der Waals surface area contributed by atoms with Crippen LogP contribution in [0, 0.1) is 17.8 Å². The van der Waals surface area contributed by atoms with Crippen LogP contribution in [-0.2, 0) is 4.79 Å². The molecule has 0 aromatic heterocycles. The molecule has 1 saturated carbocycles. The highest BCUT2D eigenvalue weighted by molar-refractivity contribution is 8.00. The number of thioether (sulfide) groups is 1. The third-order valence-corrected chi connectivity index (χ3v) is 5.93. The number of carbonyl (C=O) groups is 1. The fourth-order valence-corrected chi connectivity index (χ4v) is 3.94. The zero-order valence-corrected chi connectivity index (χ0v) is 19.7. The predicted molar refractivity (Wildman–Crippen MR) is 127 cm³/mol. The van der Waals surface area contributed by atoms with E-state index in [2.05, 4.69) is 22.6 Å². The molecule has 1 amide bonds. The van der Waals surface area contributed by atoms with E-state index in [4.69, 9.17) is 10.6 Å². The van der Waals surface area contributed by atoms with Crippen LogP contribution in [0.25, 0.3) is 5.57 Å². The number of amides is 1. The summed E-state index contributed by atoms with van der Waals surface area (Å²) in [5, 5.41) is 2.36. The van der Waals surface area contributed by atoms with Gasteiger partial charge in [-0.15, -0.1) is 11.8 Å². The molecule has 32 heavy (non-hydrogen) atoms. The van der Waals surface area contributed by atoms with Crippen LogP contribution in [0.4, 0.5) is 8.78 Å². The van der Waals surface area contributed by atoms with E-state index < -0.39 is 6.43 Å². The number of methoxy groups -OCH3 is 1. The summed E-state index contributed by atoms with van der Waals surface area (Å²) in [6.45, 7) is 5.52. The molecular formula is C24H31F2N3O2S. The summed E-state index contributed by atoms with van der Waals surface area (Å²) in [4.78, 5) is 13.2. The number of halogens is 2. The molecule has 2 unspecified atom stereocenters. The molecule has 2 atom stereocenters. The van der Waals surface area contributed by atoms with Crippen molar-refractivity contribution in [1.82, 2.24) is 10.7 Å². The molecule has 0 heterocycles. The largest absolute Gasteiger partial charge is 0.496 e. The van der Waals surface area contributed by atoms with Crippen molar-refractivity contribution in [2.45, 2.75) is 57.2 Å². The SMILES string of the molecule is C/C=C\C(C(=O)NC(C)SC(C#CC1CC1)NN)=C(/CC)c1cc(C(F)F)ccc1OC. The van der Waals surface area contributed by atoms with E-state index in [9.17, 15) is 13.6 Å². The number of hydrazine groups is 1. The van der Waals surface area contributed by atoms with E-state index in [-0.39, 0.29) is 22.2 Å². The highest BCUT2D eigenvalue weighted by Crippen LogP contribution is 2.34. The van der Waals surface area contributed by atoms with Gasteiger partial charge in [0.25, 0.3) is 12.3 Å². The number of benzene rings is 1. The van der Waals surface area contributed by atoms with Gasteiger partial charge in [-0.1, -0.05) is 30.9 Å². The molecule has 0 bridgehead atoms. The van der Waals surface area contributed by atoms with Gasteiger partial charge in [0, 0.05) is 22.6 Å². The number of nitrogens with two attached hydrogens (primary N) is 1. The van der Waals surface area contributed by atoms with Gasteiger partial charge >= 0.3 is 0 Å². The third kappa shape index (κ3) is 7.37. The van der Waals surface area contributed by atoms with E-state index in [1.165, 1.54) is 37.1 Å². The normalized spacial score (nSPS) is 16.2. The molecule has 1 aliphatic rings. The second-order valence-corrected chi connectivity index (χ2v) is 8.82. The molecule has 1 fully saturated rings. The lowest BCUT2D eigenvalue weighted by molar-refractivity contribution is -0.117. The Bertz CT molecular complexity index is 918. The van der Waals surface area contributed by atoms with Crippen molar-refractivity contribution in [3.05, 3.63) is 47.1 Å². The van der Waals surface area contributed by atoms with Crippen molar-refractivity contribution < 1.29 is 18.3 Å². The Labute approximate surface area is 193 Å². The van der Waals surface area contributed by atoms with Crippen molar-refractivity contribution in [1.29, 1.82) is 0 Å². The van der Waals surface area contributed by atoms with Gasteiger partial charge in [0.2, 0.25) is 0 Å². The summed E-state index contributed by atoms with van der Waals surface area (Å²) in [7, 11) is 1.48. The second-order valence-electron chi connectivity index (χ2n) is 7.37. The van der Waals surface area contributed by atoms with Crippen molar-refractivity contribution >= 4 is 23.2 Å². The summed E-state index contributed by atoms with van der Waals surface area (Å²) in [5.74, 6) is 12.4. The summed E-state index contributed by atoms with van der Waals surface area (Å²) < 4.78 is 32.0. The highest BCUT2D eigenvalue weighted by atomic mass is 32.2. The minimum atomic E-state index is -2.62. The smallest absolute Gasteiger partial charge is 0.263 e. The summed E-state index contributed by atoms with van der Waals surface area (Å²) in [6, 6.07) is 4.22. The molecule has 2 rings (SSSR count). The number of allylic oxidation sites excluding steroid dienone is 2. The minimum absolute atomic E-state index is 0.123. The van der Waals surface area contributed by atoms with E-state index in [0.29, 0.717) is 34.8 Å². The molecule has 1 aliphatic carbocycles. The molecule has 174 valence electrons. The standard InChI is InChI=1S/C24H31F2N3O2S/c1-5-7-19(18(6-2)20-14-17(23(25)26)11-12-21(20)31-4)24(30)28-15(3)32-22(29-27)13-10-16-8-9-16/h5,7,11-12,14-16,22-23,29H,6,8-9,27H2,1-4H3,(H,28,30)/b7-5-,19-18-. The Balaban J connectivity index is 2.32. The molecule has 5 nitrogen and oxygen atoms in total. The van der Waals surface area contributed by atoms with Crippen LogP contribution in [-0.4, -0.2) is 23.8 Å². The maximum atomic E-state index is 13.3. The average Bonchev–Trinajstić information content (AvgIpc) is 3.60. The summed E-state index contributed by atoms with van der Waals surface area (Å²) in [6.07, 6.45) is 3.51. The van der Waals surface area contributed by atoms with E-state index in [1.807, 2.05) is 13.8 Å². The van der Waals surface area contributed by atoms with Gasteiger partial charge < -0.3 is 10.1 Å². The van der Waals surface area contributed by atoms with Crippen LogP contribution < -0.4 is 21.3 Å². The molecule has 0 spiro atoms. The third-order valence-electron chi connectivity index (χ3n) is 4.88. The van der Waals surface area contributed by atoms with Crippen molar-refractivity contribution in [3.63, 3.8) is 0 Å². The highest BCUT2D eigenvalue weighted by Gasteiger charge is 2.22. The zero-order valence-electron chi connectivity index (χ0n) is 18.9. The first kappa shape index (κ1) is 25.9. The number of hydrogen-bond donors (Lipinski definition) is 3. The van der Waals surface area contributed by atoms with Crippen molar-refractivity contribution in [3.8, 4) is 17.6 Å². The maximum absolute atomic E-state index is 13.3. The van der Waals surface area contributed by atoms with Crippen molar-refractivity contribution in [2.24, 2.45) is 11.8 Å². The average molecular weight is 464 g/mol. The second kappa shape index (κ2) is 12.6. The number of carbonyl (C=O) groups excluding carboxylic acids is 1. The van der Waals surface area contributed by atoms with Crippen LogP contribution in [0.3, 0.4) is 0 Å². The number of nitrogens with one attached hydrogen (secondary N) is 2. The molecule has 1 aromatic rings. The molecule has 4 N–H and O–H groups in total. The number of hydrogen-bond acceptors (Lipinski definition) is 5. The Morgan fingerprint density at radius 1 is 1.41 bits per heavy atom. The number of alkyl halides is 2. The molecule has 1 aromatic carbocycles. The first-order valence-corrected chi connectivity index (χ1v) is 11.5. The Morgan fingerprint density at radius 2 is 2.12 bits per heavy atom. The van der Waals surface area contributed by atoms with Gasteiger partial charge in [-0.2, -0.15) is 0 Å². The predicted octanol–water partition coefficient (Wildman–Crippen LogP) is 4.77. The number of ether oxygens (including phenoxy) is 1. The zero-order chi connectivity index (χ0) is 23.7. The fraction of sp³-hybridized carbons (Fsp3) is 0.458. The Kier molecular flexibility index (Phi) is 10.2. The van der Waals surface area contributed by atoms with E-state index in [0.717, 1.165) is 12.8 Å². The van der Waals surface area contributed by atoms with Gasteiger partial charge in [0.15, 0.2) is 0 Å². The van der Waals surface area contributed by atoms with Crippen LogP contribution in [0.2, 0.25) is 0 Å². The molecule has 0 aliphatic heterocycles. The lowest BCUT2D eigenvalue weighted by atomic mass is 9.94. The lowest BCUT2D eigenvalue weighted by Crippen LogP contribution is -2.38. The Morgan fingerprint density at radius 3 is 2.66 bits per heavy atom. The van der Waals surface area contributed by atoms with Crippen molar-refractivity contribution in [2.75, 3.05) is 7.11 Å². The topological polar surface area (TPSA) is 76.4 Å². The van der Waals surface area contributed by atoms with Crippen LogP contribution in [0.15, 0.2) is 35.9 Å². The van der Waals surface area contributed by atoms with E-state index in [1.54, 1.807) is 19.1 Å². The maximum Gasteiger partial charge on any atom is 0.263 e. The summed E-state index contributed by atoms with van der Waals surface area (Å²) in [5.41, 5.74) is 4.04. The van der Waals surface area contributed by atoms with Gasteiger partial charge in [0.1, 0.15) is 11.1 Å². The summed E-state index contributed by atoms with van der Waals surface area (Å²) >= 11 is 1.40. The molecular weight excluding hydrogens is 432 g/mol. The number of rotatable bonds is 10.